The number of aliphatic hydroxyl groups excluding tert-OH is 2. The largest absolute Gasteiger partial charge is 0.435 e. The summed E-state index contributed by atoms with van der Waals surface area (Å²) in [5.74, 6) is 0. The van der Waals surface area contributed by atoms with Crippen LogP contribution in [0.1, 0.15) is 17.4 Å². The zero-order chi connectivity index (χ0) is 10.9. The van der Waals surface area contributed by atoms with Crippen molar-refractivity contribution < 1.29 is 23.4 Å². The molecule has 7 heteroatoms. The van der Waals surface area contributed by atoms with Crippen LogP contribution in [0.2, 0.25) is 0 Å². The van der Waals surface area contributed by atoms with Gasteiger partial charge < -0.3 is 10.2 Å². The van der Waals surface area contributed by atoms with E-state index in [0.717, 1.165) is 10.9 Å². The smallest absolute Gasteiger partial charge is 0.393 e. The SMILES string of the molecule is Cn1cc(C(O)CO)c(C(F)(F)F)n1. The Hall–Kier alpha value is -1.08. The van der Waals surface area contributed by atoms with Crippen LogP contribution >= 0.6 is 0 Å². The molecule has 0 saturated carbocycles. The normalized spacial score (nSPS) is 14.4. The monoisotopic (exact) mass is 210 g/mol. The van der Waals surface area contributed by atoms with E-state index in [-0.39, 0.29) is 0 Å². The Morgan fingerprint density at radius 1 is 1.57 bits per heavy atom. The number of hydrogen-bond acceptors (Lipinski definition) is 3. The molecule has 0 radical (unpaired) electrons. The molecule has 4 nitrogen and oxygen atoms in total. The molecule has 1 atom stereocenters. The van der Waals surface area contributed by atoms with Crippen LogP contribution in [0.25, 0.3) is 0 Å². The van der Waals surface area contributed by atoms with E-state index in [4.69, 9.17) is 10.2 Å². The molecule has 0 aliphatic heterocycles. The summed E-state index contributed by atoms with van der Waals surface area (Å²) >= 11 is 0. The van der Waals surface area contributed by atoms with Gasteiger partial charge in [0.05, 0.1) is 6.61 Å². The van der Waals surface area contributed by atoms with Crippen molar-refractivity contribution in [2.45, 2.75) is 12.3 Å². The van der Waals surface area contributed by atoms with Gasteiger partial charge in [0, 0.05) is 18.8 Å². The number of nitrogens with zero attached hydrogens (tertiary/aromatic N) is 2. The van der Waals surface area contributed by atoms with E-state index >= 15 is 0 Å². The fourth-order valence-electron chi connectivity index (χ4n) is 1.07. The quantitative estimate of drug-likeness (QED) is 0.745. The van der Waals surface area contributed by atoms with Crippen molar-refractivity contribution in [2.24, 2.45) is 7.05 Å². The predicted molar refractivity (Wildman–Crippen MR) is 40.3 cm³/mol. The standard InChI is InChI=1S/C7H9F3N2O2/c1-12-2-4(5(14)3-13)6(11-12)7(8,9)10/h2,5,13-14H,3H2,1H3. The van der Waals surface area contributed by atoms with Crippen molar-refractivity contribution in [3.8, 4) is 0 Å². The highest BCUT2D eigenvalue weighted by Gasteiger charge is 2.38. The average Bonchev–Trinajstić information content (AvgIpc) is 2.45. The first-order chi connectivity index (χ1) is 6.36. The van der Waals surface area contributed by atoms with Crippen molar-refractivity contribution in [2.75, 3.05) is 6.61 Å². The van der Waals surface area contributed by atoms with E-state index in [1.54, 1.807) is 0 Å². The average molecular weight is 210 g/mol. The summed E-state index contributed by atoms with van der Waals surface area (Å²) in [5.41, 5.74) is -1.58. The summed E-state index contributed by atoms with van der Waals surface area (Å²) < 4.78 is 37.8. The maximum Gasteiger partial charge on any atom is 0.435 e. The summed E-state index contributed by atoms with van der Waals surface area (Å²) in [6.45, 7) is -0.769. The van der Waals surface area contributed by atoms with Crippen molar-refractivity contribution in [3.63, 3.8) is 0 Å². The lowest BCUT2D eigenvalue weighted by Gasteiger charge is -2.08. The Morgan fingerprint density at radius 3 is 2.57 bits per heavy atom. The molecule has 0 amide bonds. The van der Waals surface area contributed by atoms with Crippen molar-refractivity contribution >= 4 is 0 Å². The molecule has 1 rings (SSSR count). The Kier molecular flexibility index (Phi) is 2.81. The lowest BCUT2D eigenvalue weighted by Crippen LogP contribution is -2.13. The van der Waals surface area contributed by atoms with E-state index in [9.17, 15) is 13.2 Å². The summed E-state index contributed by atoms with van der Waals surface area (Å²) in [6, 6.07) is 0. The van der Waals surface area contributed by atoms with Gasteiger partial charge in [-0.3, -0.25) is 4.68 Å². The number of halogens is 3. The molecule has 0 fully saturated rings. The van der Waals surface area contributed by atoms with Gasteiger partial charge in [0.2, 0.25) is 0 Å². The number of rotatable bonds is 2. The maximum atomic E-state index is 12.3. The first-order valence-electron chi connectivity index (χ1n) is 3.76. The highest BCUT2D eigenvalue weighted by molar-refractivity contribution is 5.22. The molecule has 0 aromatic carbocycles. The summed E-state index contributed by atoms with van der Waals surface area (Å²) in [6.07, 6.45) is -5.14. The topological polar surface area (TPSA) is 58.3 Å². The fourth-order valence-corrected chi connectivity index (χ4v) is 1.07. The minimum Gasteiger partial charge on any atom is -0.393 e. The van der Waals surface area contributed by atoms with E-state index < -0.39 is 30.1 Å². The minimum atomic E-state index is -4.62. The van der Waals surface area contributed by atoms with Gasteiger partial charge in [-0.25, -0.2) is 0 Å². The molecular weight excluding hydrogens is 201 g/mol. The van der Waals surface area contributed by atoms with Crippen LogP contribution in [0.5, 0.6) is 0 Å². The molecule has 80 valence electrons. The lowest BCUT2D eigenvalue weighted by molar-refractivity contribution is -0.143. The Bertz CT molecular complexity index is 321. The highest BCUT2D eigenvalue weighted by Crippen LogP contribution is 2.33. The van der Waals surface area contributed by atoms with E-state index in [2.05, 4.69) is 5.10 Å². The van der Waals surface area contributed by atoms with Crippen LogP contribution in [-0.4, -0.2) is 26.6 Å². The van der Waals surface area contributed by atoms with Crippen LogP contribution < -0.4 is 0 Å². The van der Waals surface area contributed by atoms with Gasteiger partial charge in [0.25, 0.3) is 0 Å². The van der Waals surface area contributed by atoms with Crippen LogP contribution in [0.3, 0.4) is 0 Å². The molecule has 0 bridgehead atoms. The lowest BCUT2D eigenvalue weighted by atomic mass is 10.1. The van der Waals surface area contributed by atoms with Gasteiger partial charge in [-0.1, -0.05) is 0 Å². The van der Waals surface area contributed by atoms with Gasteiger partial charge in [-0.15, -0.1) is 0 Å². The summed E-state index contributed by atoms with van der Waals surface area (Å²) in [4.78, 5) is 0. The molecule has 0 spiro atoms. The Labute approximate surface area is 77.6 Å². The number of aromatic nitrogens is 2. The van der Waals surface area contributed by atoms with Gasteiger partial charge >= 0.3 is 6.18 Å². The number of aliphatic hydroxyl groups is 2. The molecule has 0 saturated heterocycles. The first-order valence-corrected chi connectivity index (χ1v) is 3.76. The molecule has 1 aromatic rings. The highest BCUT2D eigenvalue weighted by atomic mass is 19.4. The van der Waals surface area contributed by atoms with Gasteiger partial charge in [-0.2, -0.15) is 18.3 Å². The molecule has 2 N–H and O–H groups in total. The summed E-state index contributed by atoms with van der Waals surface area (Å²) in [7, 11) is 1.31. The number of alkyl halides is 3. The first kappa shape index (κ1) is 11.0. The predicted octanol–water partition coefficient (Wildman–Crippen LogP) is 0.465. The molecule has 1 heterocycles. The molecule has 14 heavy (non-hydrogen) atoms. The van der Waals surface area contributed by atoms with Gasteiger partial charge in [0.1, 0.15) is 6.10 Å². The molecule has 0 aliphatic carbocycles. The third-order valence-corrected chi connectivity index (χ3v) is 1.66. The van der Waals surface area contributed by atoms with Crippen molar-refractivity contribution in [3.05, 3.63) is 17.5 Å². The Balaban J connectivity index is 3.16. The van der Waals surface area contributed by atoms with Crippen LogP contribution in [-0.2, 0) is 13.2 Å². The summed E-state index contributed by atoms with van der Waals surface area (Å²) in [5, 5.41) is 20.8. The van der Waals surface area contributed by atoms with E-state index in [1.165, 1.54) is 7.05 Å². The van der Waals surface area contributed by atoms with E-state index in [0.29, 0.717) is 0 Å². The fraction of sp³-hybridized carbons (Fsp3) is 0.571. The zero-order valence-corrected chi connectivity index (χ0v) is 7.28. The zero-order valence-electron chi connectivity index (χ0n) is 7.28. The molecule has 1 unspecified atom stereocenters. The molecule has 1 aromatic heterocycles. The van der Waals surface area contributed by atoms with Crippen molar-refractivity contribution in [1.29, 1.82) is 0 Å². The molecule has 0 aliphatic rings. The second-order valence-electron chi connectivity index (χ2n) is 2.80. The van der Waals surface area contributed by atoms with Gasteiger partial charge in [-0.05, 0) is 0 Å². The van der Waals surface area contributed by atoms with Crippen LogP contribution in [0.4, 0.5) is 13.2 Å². The Morgan fingerprint density at radius 2 is 2.14 bits per heavy atom. The third-order valence-electron chi connectivity index (χ3n) is 1.66. The second kappa shape index (κ2) is 3.58. The van der Waals surface area contributed by atoms with Crippen LogP contribution in [0, 0.1) is 0 Å². The minimum absolute atomic E-state index is 0.414. The number of aryl methyl sites for hydroxylation is 1. The third kappa shape index (κ3) is 2.05. The number of hydrogen-bond donors (Lipinski definition) is 2. The second-order valence-corrected chi connectivity index (χ2v) is 2.80. The maximum absolute atomic E-state index is 12.3. The molecular formula is C7H9F3N2O2. The van der Waals surface area contributed by atoms with Crippen LogP contribution in [0.15, 0.2) is 6.20 Å². The van der Waals surface area contributed by atoms with Gasteiger partial charge in [0.15, 0.2) is 5.69 Å². The van der Waals surface area contributed by atoms with E-state index in [1.807, 2.05) is 0 Å². The van der Waals surface area contributed by atoms with Crippen molar-refractivity contribution in [1.82, 2.24) is 9.78 Å².